The predicted octanol–water partition coefficient (Wildman–Crippen LogP) is 4.51. The van der Waals surface area contributed by atoms with E-state index in [-0.39, 0.29) is 5.91 Å². The Morgan fingerprint density at radius 1 is 1.00 bits per heavy atom. The van der Waals surface area contributed by atoms with Crippen LogP contribution in [0, 0.1) is 0 Å². The molecule has 2 aromatic heterocycles. The minimum atomic E-state index is -0.199. The smallest absolute Gasteiger partial charge is 0.248 e. The zero-order chi connectivity index (χ0) is 21.8. The van der Waals surface area contributed by atoms with Gasteiger partial charge in [0.25, 0.3) is 0 Å². The Morgan fingerprint density at radius 3 is 2.81 bits per heavy atom. The van der Waals surface area contributed by atoms with Gasteiger partial charge in [-0.05, 0) is 43.2 Å². The molecule has 0 spiro atoms. The molecule has 0 unspecified atom stereocenters. The first-order valence-electron chi connectivity index (χ1n) is 10.9. The standard InChI is InChI=1S/C25H24N6O/c32-24(14-13-19-17-26-31(18-19)22-10-3-1-4-11-22)27-21-9-7-8-20(16-21)25-29-28-23-12-5-2-6-15-30(23)25/h1,3-4,7-11,13-14,16-18H,2,5-6,12,15H2,(H,27,32)/b14-13+. The van der Waals surface area contributed by atoms with Crippen molar-refractivity contribution in [2.45, 2.75) is 32.2 Å². The molecule has 0 saturated heterocycles. The third-order valence-electron chi connectivity index (χ3n) is 5.55. The molecule has 32 heavy (non-hydrogen) atoms. The number of hydrogen-bond acceptors (Lipinski definition) is 4. The summed E-state index contributed by atoms with van der Waals surface area (Å²) in [6, 6.07) is 17.6. The maximum atomic E-state index is 12.5. The second-order valence-electron chi connectivity index (χ2n) is 7.86. The molecule has 0 radical (unpaired) electrons. The summed E-state index contributed by atoms with van der Waals surface area (Å²) in [5, 5.41) is 16.1. The van der Waals surface area contributed by atoms with E-state index in [1.165, 1.54) is 12.5 Å². The van der Waals surface area contributed by atoms with Crippen LogP contribution in [0.25, 0.3) is 23.2 Å². The number of hydrogen-bond donors (Lipinski definition) is 1. The highest BCUT2D eigenvalue weighted by molar-refractivity contribution is 6.02. The molecule has 0 fully saturated rings. The van der Waals surface area contributed by atoms with E-state index in [1.54, 1.807) is 17.0 Å². The minimum absolute atomic E-state index is 0.199. The Kier molecular flexibility index (Phi) is 5.61. The number of rotatable bonds is 5. The molecular formula is C25H24N6O. The topological polar surface area (TPSA) is 77.6 Å². The van der Waals surface area contributed by atoms with Gasteiger partial charge in [-0.2, -0.15) is 5.10 Å². The van der Waals surface area contributed by atoms with E-state index in [0.717, 1.165) is 60.0 Å². The van der Waals surface area contributed by atoms with Gasteiger partial charge in [-0.25, -0.2) is 4.68 Å². The molecule has 2 aromatic carbocycles. The molecular weight excluding hydrogens is 400 g/mol. The average Bonchev–Trinajstić information content (AvgIpc) is 3.40. The molecule has 160 valence electrons. The van der Waals surface area contributed by atoms with Crippen LogP contribution >= 0.6 is 0 Å². The minimum Gasteiger partial charge on any atom is -0.322 e. The molecule has 0 aliphatic carbocycles. The molecule has 1 N–H and O–H groups in total. The molecule has 0 atom stereocenters. The largest absolute Gasteiger partial charge is 0.322 e. The van der Waals surface area contributed by atoms with Crippen molar-refractivity contribution in [2.75, 3.05) is 5.32 Å². The summed E-state index contributed by atoms with van der Waals surface area (Å²) in [6.07, 6.45) is 11.4. The lowest BCUT2D eigenvalue weighted by Crippen LogP contribution is -2.08. The Bertz CT molecular complexity index is 1250. The van der Waals surface area contributed by atoms with Gasteiger partial charge in [0.2, 0.25) is 5.91 Å². The fourth-order valence-corrected chi connectivity index (χ4v) is 3.94. The van der Waals surface area contributed by atoms with Crippen LogP contribution in [0.2, 0.25) is 0 Å². The fourth-order valence-electron chi connectivity index (χ4n) is 3.94. The summed E-state index contributed by atoms with van der Waals surface area (Å²) in [6.45, 7) is 0.938. The number of fused-ring (bicyclic) bond motifs is 1. The quantitative estimate of drug-likeness (QED) is 0.478. The van der Waals surface area contributed by atoms with Crippen LogP contribution in [0.5, 0.6) is 0 Å². The number of benzene rings is 2. The monoisotopic (exact) mass is 424 g/mol. The van der Waals surface area contributed by atoms with Gasteiger partial charge in [0.05, 0.1) is 11.9 Å². The summed E-state index contributed by atoms with van der Waals surface area (Å²) in [7, 11) is 0. The highest BCUT2D eigenvalue weighted by atomic mass is 16.1. The number of carbonyl (C=O) groups is 1. The van der Waals surface area contributed by atoms with Gasteiger partial charge < -0.3 is 9.88 Å². The Morgan fingerprint density at radius 2 is 1.91 bits per heavy atom. The van der Waals surface area contributed by atoms with E-state index in [2.05, 4.69) is 25.2 Å². The Hall–Kier alpha value is -4.00. The van der Waals surface area contributed by atoms with Crippen molar-refractivity contribution in [2.24, 2.45) is 0 Å². The zero-order valence-electron chi connectivity index (χ0n) is 17.7. The Labute approximate surface area is 186 Å². The molecule has 1 aliphatic rings. The number of amides is 1. The SMILES string of the molecule is O=C(/C=C/c1cnn(-c2ccccc2)c1)Nc1cccc(-c2nnc3n2CCCCC3)c1. The number of anilines is 1. The highest BCUT2D eigenvalue weighted by Gasteiger charge is 2.16. The van der Waals surface area contributed by atoms with E-state index in [4.69, 9.17) is 0 Å². The van der Waals surface area contributed by atoms with Crippen molar-refractivity contribution < 1.29 is 4.79 Å². The van der Waals surface area contributed by atoms with Crippen LogP contribution in [0.1, 0.15) is 30.7 Å². The maximum Gasteiger partial charge on any atom is 0.248 e. The second kappa shape index (κ2) is 9.01. The maximum absolute atomic E-state index is 12.5. The molecule has 3 heterocycles. The van der Waals surface area contributed by atoms with Crippen LogP contribution in [-0.4, -0.2) is 30.5 Å². The van der Waals surface area contributed by atoms with Crippen molar-refractivity contribution in [1.82, 2.24) is 24.5 Å². The van der Waals surface area contributed by atoms with E-state index in [1.807, 2.05) is 60.8 Å². The number of nitrogens with one attached hydrogen (secondary N) is 1. The van der Waals surface area contributed by atoms with Gasteiger partial charge in [-0.1, -0.05) is 36.8 Å². The number of para-hydroxylation sites is 1. The van der Waals surface area contributed by atoms with Gasteiger partial charge in [-0.3, -0.25) is 4.79 Å². The van der Waals surface area contributed by atoms with Crippen molar-refractivity contribution >= 4 is 17.7 Å². The second-order valence-corrected chi connectivity index (χ2v) is 7.86. The lowest BCUT2D eigenvalue weighted by Gasteiger charge is -2.08. The van der Waals surface area contributed by atoms with Gasteiger partial charge in [-0.15, -0.1) is 10.2 Å². The molecule has 7 nitrogen and oxygen atoms in total. The van der Waals surface area contributed by atoms with Crippen molar-refractivity contribution in [1.29, 1.82) is 0 Å². The highest BCUT2D eigenvalue weighted by Crippen LogP contribution is 2.25. The average molecular weight is 425 g/mol. The number of carbonyl (C=O) groups excluding carboxylic acids is 1. The lowest BCUT2D eigenvalue weighted by atomic mass is 10.2. The van der Waals surface area contributed by atoms with Gasteiger partial charge in [0.15, 0.2) is 5.82 Å². The lowest BCUT2D eigenvalue weighted by molar-refractivity contribution is -0.111. The zero-order valence-corrected chi connectivity index (χ0v) is 17.7. The summed E-state index contributed by atoms with van der Waals surface area (Å²) in [5.41, 5.74) is 3.50. The van der Waals surface area contributed by atoms with Crippen molar-refractivity contribution in [3.63, 3.8) is 0 Å². The van der Waals surface area contributed by atoms with Gasteiger partial charge in [0.1, 0.15) is 5.82 Å². The first-order chi connectivity index (χ1) is 15.8. The third-order valence-corrected chi connectivity index (χ3v) is 5.55. The van der Waals surface area contributed by atoms with Gasteiger partial charge >= 0.3 is 0 Å². The molecule has 0 saturated carbocycles. The molecule has 7 heteroatoms. The summed E-state index contributed by atoms with van der Waals surface area (Å²) < 4.78 is 3.99. The normalized spacial score (nSPS) is 13.6. The van der Waals surface area contributed by atoms with E-state index in [9.17, 15) is 4.79 Å². The first-order valence-corrected chi connectivity index (χ1v) is 10.9. The van der Waals surface area contributed by atoms with Crippen molar-refractivity contribution in [3.05, 3.63) is 84.5 Å². The summed E-state index contributed by atoms with van der Waals surface area (Å²) >= 11 is 0. The van der Waals surface area contributed by atoms with Crippen LogP contribution < -0.4 is 5.32 Å². The predicted molar refractivity (Wildman–Crippen MR) is 124 cm³/mol. The molecule has 0 bridgehead atoms. The summed E-state index contributed by atoms with van der Waals surface area (Å²) in [4.78, 5) is 12.5. The summed E-state index contributed by atoms with van der Waals surface area (Å²) in [5.74, 6) is 1.71. The first kappa shape index (κ1) is 19.9. The molecule has 5 rings (SSSR count). The fraction of sp³-hybridized carbons (Fsp3) is 0.200. The molecule has 1 amide bonds. The van der Waals surface area contributed by atoms with Gasteiger partial charge in [0, 0.05) is 42.1 Å². The molecule has 1 aliphatic heterocycles. The van der Waals surface area contributed by atoms with Crippen LogP contribution in [-0.2, 0) is 17.8 Å². The van der Waals surface area contributed by atoms with E-state index in [0.29, 0.717) is 0 Å². The third kappa shape index (κ3) is 4.37. The van der Waals surface area contributed by atoms with Crippen LogP contribution in [0.3, 0.4) is 0 Å². The number of aromatic nitrogens is 5. The Balaban J connectivity index is 1.28. The van der Waals surface area contributed by atoms with Crippen molar-refractivity contribution in [3.8, 4) is 17.1 Å². The number of aryl methyl sites for hydroxylation is 1. The van der Waals surface area contributed by atoms with Crippen LogP contribution in [0.4, 0.5) is 5.69 Å². The molecule has 4 aromatic rings. The van der Waals surface area contributed by atoms with Crippen LogP contribution in [0.15, 0.2) is 73.1 Å². The number of nitrogens with zero attached hydrogens (tertiary/aromatic N) is 5. The van der Waals surface area contributed by atoms with E-state index >= 15 is 0 Å². The van der Waals surface area contributed by atoms with E-state index < -0.39 is 0 Å².